The molecule has 1 aromatic rings. The average Bonchev–Trinajstić information content (AvgIpc) is 2.49. The highest BCUT2D eigenvalue weighted by Crippen LogP contribution is 2.27. The van der Waals surface area contributed by atoms with Gasteiger partial charge in [-0.3, -0.25) is 9.69 Å². The summed E-state index contributed by atoms with van der Waals surface area (Å²) in [4.78, 5) is 14.1. The van der Waals surface area contributed by atoms with E-state index in [0.717, 1.165) is 10.0 Å². The van der Waals surface area contributed by atoms with Crippen LogP contribution in [0.4, 0.5) is 0 Å². The lowest BCUT2D eigenvalue weighted by Crippen LogP contribution is -2.45. The minimum atomic E-state index is -0.455. The maximum Gasteiger partial charge on any atom is 0.184 e. The predicted molar refractivity (Wildman–Crippen MR) is 64.1 cm³/mol. The molecule has 0 aliphatic rings. The number of thiophene rings is 1. The SMILES string of the molecule is CN(C)C(C)(C)C(=O)c1cscc1Br. The van der Waals surface area contributed by atoms with Crippen LogP contribution in [0.3, 0.4) is 0 Å². The van der Waals surface area contributed by atoms with Crippen LogP contribution in [0, 0.1) is 0 Å². The van der Waals surface area contributed by atoms with Crippen molar-refractivity contribution in [3.05, 3.63) is 20.8 Å². The second kappa shape index (κ2) is 4.13. The van der Waals surface area contributed by atoms with Gasteiger partial charge in [-0.15, -0.1) is 0 Å². The van der Waals surface area contributed by atoms with Gasteiger partial charge in [0, 0.05) is 20.8 Å². The van der Waals surface area contributed by atoms with E-state index < -0.39 is 5.54 Å². The van der Waals surface area contributed by atoms with Crippen molar-refractivity contribution in [1.82, 2.24) is 4.90 Å². The maximum atomic E-state index is 12.1. The molecule has 0 unspecified atom stereocenters. The summed E-state index contributed by atoms with van der Waals surface area (Å²) in [6, 6.07) is 0. The highest BCUT2D eigenvalue weighted by atomic mass is 79.9. The number of Topliss-reactive ketones (excluding diaryl/α,β-unsaturated/α-hetero) is 1. The third-order valence-electron chi connectivity index (χ3n) is 2.53. The van der Waals surface area contributed by atoms with Crippen molar-refractivity contribution in [2.24, 2.45) is 0 Å². The fourth-order valence-corrected chi connectivity index (χ4v) is 2.43. The molecule has 1 heterocycles. The average molecular weight is 276 g/mol. The molecule has 0 aromatic carbocycles. The number of rotatable bonds is 3. The van der Waals surface area contributed by atoms with Crippen molar-refractivity contribution < 1.29 is 4.79 Å². The number of carbonyl (C=O) groups is 1. The topological polar surface area (TPSA) is 20.3 Å². The Morgan fingerprint density at radius 3 is 2.36 bits per heavy atom. The normalized spacial score (nSPS) is 12.1. The zero-order valence-electron chi connectivity index (χ0n) is 8.80. The van der Waals surface area contributed by atoms with Crippen LogP contribution < -0.4 is 0 Å². The van der Waals surface area contributed by atoms with Crippen molar-refractivity contribution in [1.29, 1.82) is 0 Å². The lowest BCUT2D eigenvalue weighted by molar-refractivity contribution is 0.0755. The van der Waals surface area contributed by atoms with E-state index in [1.54, 1.807) is 0 Å². The third kappa shape index (κ3) is 2.07. The van der Waals surface area contributed by atoms with Crippen LogP contribution in [-0.2, 0) is 0 Å². The molecule has 0 bridgehead atoms. The third-order valence-corrected chi connectivity index (χ3v) is 4.24. The first kappa shape index (κ1) is 11.9. The van der Waals surface area contributed by atoms with Crippen LogP contribution in [-0.4, -0.2) is 30.3 Å². The Hall–Kier alpha value is -0.190. The van der Waals surface area contributed by atoms with Gasteiger partial charge in [-0.05, 0) is 43.9 Å². The molecular formula is C10H14BrNOS. The molecule has 2 nitrogen and oxygen atoms in total. The summed E-state index contributed by atoms with van der Waals surface area (Å²) in [6.45, 7) is 3.86. The number of hydrogen-bond acceptors (Lipinski definition) is 3. The van der Waals surface area contributed by atoms with E-state index in [2.05, 4.69) is 15.9 Å². The van der Waals surface area contributed by atoms with E-state index in [4.69, 9.17) is 0 Å². The number of nitrogens with zero attached hydrogens (tertiary/aromatic N) is 1. The molecule has 14 heavy (non-hydrogen) atoms. The standard InChI is InChI=1S/C10H14BrNOS/c1-10(2,12(3)4)9(13)7-5-14-6-8(7)11/h5-6H,1-4H3. The summed E-state index contributed by atoms with van der Waals surface area (Å²) in [5.41, 5.74) is 0.317. The molecule has 0 aliphatic heterocycles. The molecule has 0 N–H and O–H groups in total. The van der Waals surface area contributed by atoms with E-state index >= 15 is 0 Å². The summed E-state index contributed by atoms with van der Waals surface area (Å²) in [7, 11) is 3.83. The van der Waals surface area contributed by atoms with Crippen LogP contribution in [0.1, 0.15) is 24.2 Å². The van der Waals surface area contributed by atoms with E-state index in [0.29, 0.717) is 0 Å². The number of likely N-dealkylation sites (N-methyl/N-ethyl adjacent to an activating group) is 1. The first-order chi connectivity index (χ1) is 6.37. The van der Waals surface area contributed by atoms with Crippen LogP contribution in [0.15, 0.2) is 15.2 Å². The van der Waals surface area contributed by atoms with Crippen LogP contribution in [0.2, 0.25) is 0 Å². The van der Waals surface area contributed by atoms with E-state index in [-0.39, 0.29) is 5.78 Å². The zero-order chi connectivity index (χ0) is 10.9. The molecule has 0 radical (unpaired) electrons. The molecule has 4 heteroatoms. The van der Waals surface area contributed by atoms with Crippen LogP contribution >= 0.6 is 27.3 Å². The minimum absolute atomic E-state index is 0.149. The van der Waals surface area contributed by atoms with Crippen LogP contribution in [0.5, 0.6) is 0 Å². The zero-order valence-corrected chi connectivity index (χ0v) is 11.2. The van der Waals surface area contributed by atoms with Crippen molar-refractivity contribution in [2.45, 2.75) is 19.4 Å². The lowest BCUT2D eigenvalue weighted by atomic mass is 9.94. The van der Waals surface area contributed by atoms with Gasteiger partial charge < -0.3 is 0 Å². The summed E-state index contributed by atoms with van der Waals surface area (Å²) < 4.78 is 0.891. The lowest BCUT2D eigenvalue weighted by Gasteiger charge is -2.30. The molecule has 1 rings (SSSR count). The summed E-state index contributed by atoms with van der Waals surface area (Å²) in [5, 5.41) is 3.82. The number of hydrogen-bond donors (Lipinski definition) is 0. The molecule has 0 aliphatic carbocycles. The van der Waals surface area contributed by atoms with Crippen LogP contribution in [0.25, 0.3) is 0 Å². The quantitative estimate of drug-likeness (QED) is 0.791. The smallest absolute Gasteiger partial charge is 0.184 e. The van der Waals surface area contributed by atoms with E-state index in [9.17, 15) is 4.79 Å². The summed E-state index contributed by atoms with van der Waals surface area (Å²) in [6.07, 6.45) is 0. The molecular weight excluding hydrogens is 262 g/mol. The Morgan fingerprint density at radius 2 is 2.00 bits per heavy atom. The number of ketones is 1. The number of halogens is 1. The van der Waals surface area contributed by atoms with Crippen molar-refractivity contribution in [3.63, 3.8) is 0 Å². The Kier molecular flexibility index (Phi) is 3.50. The van der Waals surface area contributed by atoms with Crippen molar-refractivity contribution in [3.8, 4) is 0 Å². The highest BCUT2D eigenvalue weighted by Gasteiger charge is 2.32. The van der Waals surface area contributed by atoms with Gasteiger partial charge in [-0.25, -0.2) is 0 Å². The maximum absolute atomic E-state index is 12.1. The van der Waals surface area contributed by atoms with E-state index in [1.165, 1.54) is 11.3 Å². The molecule has 0 fully saturated rings. The second-order valence-corrected chi connectivity index (χ2v) is 5.51. The first-order valence-electron chi connectivity index (χ1n) is 4.31. The first-order valence-corrected chi connectivity index (χ1v) is 6.05. The monoisotopic (exact) mass is 275 g/mol. The van der Waals surface area contributed by atoms with E-state index in [1.807, 2.05) is 43.6 Å². The van der Waals surface area contributed by atoms with Gasteiger partial charge in [0.1, 0.15) is 0 Å². The molecule has 78 valence electrons. The second-order valence-electron chi connectivity index (χ2n) is 3.92. The summed E-state index contributed by atoms with van der Waals surface area (Å²) >= 11 is 4.92. The molecule has 1 aromatic heterocycles. The van der Waals surface area contributed by atoms with Gasteiger partial charge in [0.25, 0.3) is 0 Å². The van der Waals surface area contributed by atoms with Gasteiger partial charge in [0.05, 0.1) is 5.54 Å². The Balaban J connectivity index is 3.02. The Morgan fingerprint density at radius 1 is 1.43 bits per heavy atom. The van der Waals surface area contributed by atoms with Crippen molar-refractivity contribution >= 4 is 33.0 Å². The largest absolute Gasteiger partial charge is 0.297 e. The van der Waals surface area contributed by atoms with Gasteiger partial charge in [0.2, 0.25) is 0 Å². The Labute approximate surface area is 97.1 Å². The summed E-state index contributed by atoms with van der Waals surface area (Å²) in [5.74, 6) is 0.149. The van der Waals surface area contributed by atoms with Crippen molar-refractivity contribution in [2.75, 3.05) is 14.1 Å². The minimum Gasteiger partial charge on any atom is -0.297 e. The highest BCUT2D eigenvalue weighted by molar-refractivity contribution is 9.10. The molecule has 0 saturated carbocycles. The molecule has 0 amide bonds. The molecule has 0 saturated heterocycles. The molecule has 0 spiro atoms. The fraction of sp³-hybridized carbons (Fsp3) is 0.500. The fourth-order valence-electron chi connectivity index (χ4n) is 0.976. The molecule has 0 atom stereocenters. The van der Waals surface area contributed by atoms with Gasteiger partial charge in [-0.2, -0.15) is 11.3 Å². The predicted octanol–water partition coefficient (Wildman–Crippen LogP) is 3.03. The van der Waals surface area contributed by atoms with Gasteiger partial charge in [-0.1, -0.05) is 0 Å². The van der Waals surface area contributed by atoms with Gasteiger partial charge >= 0.3 is 0 Å². The Bertz CT molecular complexity index is 344. The van der Waals surface area contributed by atoms with Gasteiger partial charge in [0.15, 0.2) is 5.78 Å². The number of carbonyl (C=O) groups excluding carboxylic acids is 1.